The van der Waals surface area contributed by atoms with E-state index in [-0.39, 0.29) is 29.2 Å². The lowest BCUT2D eigenvalue weighted by Gasteiger charge is -2.11. The van der Waals surface area contributed by atoms with Gasteiger partial charge in [0.1, 0.15) is 5.82 Å². The number of halogens is 1. The number of carbonyl (C=O) groups excluding carboxylic acids is 2. The minimum atomic E-state index is -0.666. The molecule has 2 heterocycles. The molecule has 0 fully saturated rings. The quantitative estimate of drug-likeness (QED) is 0.478. The van der Waals surface area contributed by atoms with Gasteiger partial charge in [0.25, 0.3) is 17.4 Å². The van der Waals surface area contributed by atoms with Crippen LogP contribution < -0.4 is 16.4 Å². The highest BCUT2D eigenvalue weighted by Gasteiger charge is 2.19. The molecule has 9 nitrogen and oxygen atoms in total. The van der Waals surface area contributed by atoms with Gasteiger partial charge in [0.2, 0.25) is 0 Å². The summed E-state index contributed by atoms with van der Waals surface area (Å²) in [5.41, 5.74) is 5.73. The van der Waals surface area contributed by atoms with Crippen LogP contribution in [0.2, 0.25) is 0 Å². The Morgan fingerprint density at radius 2 is 1.66 bits per heavy atom. The van der Waals surface area contributed by atoms with Crippen molar-refractivity contribution in [3.8, 4) is 5.69 Å². The van der Waals surface area contributed by atoms with Crippen LogP contribution in [-0.4, -0.2) is 31.4 Å². The molecule has 2 aromatic heterocycles. The maximum atomic E-state index is 13.2. The molecule has 0 unspecified atom stereocenters. The lowest BCUT2D eigenvalue weighted by Crippen LogP contribution is -2.43. The molecule has 10 heteroatoms. The zero-order chi connectivity index (χ0) is 22.8. The number of fused-ring (bicyclic) bond motifs is 1. The summed E-state index contributed by atoms with van der Waals surface area (Å²) in [6.07, 6.45) is 1.35. The number of rotatable bonds is 4. The second-order valence-corrected chi connectivity index (χ2v) is 6.96. The molecule has 2 N–H and O–H groups in total. The zero-order valence-electron chi connectivity index (χ0n) is 17.3. The van der Waals surface area contributed by atoms with Crippen molar-refractivity contribution in [2.45, 2.75) is 20.4 Å². The van der Waals surface area contributed by atoms with Gasteiger partial charge >= 0.3 is 0 Å². The molecule has 0 aliphatic rings. The van der Waals surface area contributed by atoms with Gasteiger partial charge in [-0.2, -0.15) is 10.2 Å². The first-order valence-electron chi connectivity index (χ1n) is 9.81. The summed E-state index contributed by atoms with van der Waals surface area (Å²) in [4.78, 5) is 37.8. The second kappa shape index (κ2) is 8.42. The van der Waals surface area contributed by atoms with Crippen molar-refractivity contribution in [1.82, 2.24) is 30.4 Å². The third-order valence-electron chi connectivity index (χ3n) is 5.00. The fourth-order valence-electron chi connectivity index (χ4n) is 3.33. The fourth-order valence-corrected chi connectivity index (χ4v) is 3.33. The third kappa shape index (κ3) is 3.73. The first-order valence-corrected chi connectivity index (χ1v) is 9.81. The average molecular weight is 434 g/mol. The monoisotopic (exact) mass is 434 g/mol. The van der Waals surface area contributed by atoms with Crippen LogP contribution in [0.25, 0.3) is 16.5 Å². The van der Waals surface area contributed by atoms with Crippen molar-refractivity contribution in [1.29, 1.82) is 0 Å². The van der Waals surface area contributed by atoms with E-state index in [4.69, 9.17) is 0 Å². The van der Waals surface area contributed by atoms with E-state index in [1.165, 1.54) is 39.8 Å². The minimum Gasteiger partial charge on any atom is -0.267 e. The van der Waals surface area contributed by atoms with Gasteiger partial charge in [0, 0.05) is 11.9 Å². The third-order valence-corrected chi connectivity index (χ3v) is 5.00. The van der Waals surface area contributed by atoms with Crippen molar-refractivity contribution in [2.24, 2.45) is 0 Å². The lowest BCUT2D eigenvalue weighted by molar-refractivity contribution is 0.0843. The molecule has 4 aromatic rings. The number of hydrogen-bond acceptors (Lipinski definition) is 5. The summed E-state index contributed by atoms with van der Waals surface area (Å²) in [5.74, 6) is -1.63. The first kappa shape index (κ1) is 20.9. The smallest absolute Gasteiger partial charge is 0.267 e. The number of aryl methyl sites for hydroxylation is 1. The Hall–Kier alpha value is -4.34. The maximum absolute atomic E-state index is 13.2. The highest BCUT2D eigenvalue weighted by Crippen LogP contribution is 2.15. The number of nitrogens with one attached hydrogen (secondary N) is 2. The van der Waals surface area contributed by atoms with Crippen molar-refractivity contribution < 1.29 is 14.0 Å². The van der Waals surface area contributed by atoms with Crippen LogP contribution in [0.3, 0.4) is 0 Å². The molecule has 0 aliphatic carbocycles. The molecule has 0 atom stereocenters. The molecule has 0 radical (unpaired) electrons. The summed E-state index contributed by atoms with van der Waals surface area (Å²) in [5, 5.41) is 9.04. The van der Waals surface area contributed by atoms with Crippen LogP contribution >= 0.6 is 0 Å². The molecule has 0 saturated carbocycles. The average Bonchev–Trinajstić information content (AvgIpc) is 3.19. The number of nitrogens with zero attached hydrogens (tertiary/aromatic N) is 4. The van der Waals surface area contributed by atoms with E-state index in [2.05, 4.69) is 21.0 Å². The summed E-state index contributed by atoms with van der Waals surface area (Å²) < 4.78 is 15.8. The second-order valence-electron chi connectivity index (χ2n) is 6.96. The Kier molecular flexibility index (Phi) is 5.50. The van der Waals surface area contributed by atoms with E-state index in [0.717, 1.165) is 0 Å². The molecule has 32 heavy (non-hydrogen) atoms. The number of benzene rings is 2. The van der Waals surface area contributed by atoms with Crippen molar-refractivity contribution in [3.05, 3.63) is 87.9 Å². The van der Waals surface area contributed by atoms with Gasteiger partial charge in [-0.05, 0) is 44.2 Å². The Morgan fingerprint density at radius 1 is 1.00 bits per heavy atom. The molecule has 2 aromatic carbocycles. The predicted octanol–water partition coefficient (Wildman–Crippen LogP) is 2.12. The molecule has 0 aliphatic heterocycles. The van der Waals surface area contributed by atoms with E-state index in [9.17, 15) is 18.8 Å². The molecular formula is C22H19FN6O3. The summed E-state index contributed by atoms with van der Waals surface area (Å²) in [6, 6.07) is 12.3. The minimum absolute atomic E-state index is 0.0149. The van der Waals surface area contributed by atoms with E-state index >= 15 is 0 Å². The number of carbonyl (C=O) groups is 2. The van der Waals surface area contributed by atoms with Gasteiger partial charge < -0.3 is 0 Å². The molecule has 2 amide bonds. The summed E-state index contributed by atoms with van der Waals surface area (Å²) in [7, 11) is 0. The van der Waals surface area contributed by atoms with Crippen LogP contribution in [-0.2, 0) is 6.54 Å². The normalized spacial score (nSPS) is 10.8. The van der Waals surface area contributed by atoms with Crippen molar-refractivity contribution in [3.63, 3.8) is 0 Å². The number of amides is 2. The highest BCUT2D eigenvalue weighted by atomic mass is 19.1. The van der Waals surface area contributed by atoms with Crippen LogP contribution in [0.1, 0.15) is 33.5 Å². The standard InChI is InChI=1S/C22H19FN6O3/c1-3-28-22(32)17-7-5-4-6-16(17)19(27-28)21(31)26-25-20(30)18-12-24-29(13(18)2)15-10-8-14(23)9-11-15/h4-12H,3H2,1-2H3,(H,25,30)(H,26,31). The summed E-state index contributed by atoms with van der Waals surface area (Å²) >= 11 is 0. The maximum Gasteiger partial charge on any atom is 0.290 e. The number of aromatic nitrogens is 4. The van der Waals surface area contributed by atoms with Crippen LogP contribution in [0.15, 0.2) is 59.5 Å². The predicted molar refractivity (Wildman–Crippen MR) is 115 cm³/mol. The Balaban J connectivity index is 1.56. The van der Waals surface area contributed by atoms with E-state index < -0.39 is 11.8 Å². The van der Waals surface area contributed by atoms with E-state index in [1.807, 2.05) is 0 Å². The molecule has 0 bridgehead atoms. The van der Waals surface area contributed by atoms with Crippen molar-refractivity contribution in [2.75, 3.05) is 0 Å². The van der Waals surface area contributed by atoms with Gasteiger partial charge in [0.05, 0.1) is 28.5 Å². The van der Waals surface area contributed by atoms with E-state index in [1.54, 1.807) is 38.1 Å². The largest absolute Gasteiger partial charge is 0.290 e. The van der Waals surface area contributed by atoms with Gasteiger partial charge in [0.15, 0.2) is 5.69 Å². The molecule has 0 saturated heterocycles. The van der Waals surface area contributed by atoms with Crippen LogP contribution in [0.4, 0.5) is 4.39 Å². The topological polar surface area (TPSA) is 111 Å². The molecule has 4 rings (SSSR count). The van der Waals surface area contributed by atoms with Crippen LogP contribution in [0.5, 0.6) is 0 Å². The van der Waals surface area contributed by atoms with Gasteiger partial charge in [-0.25, -0.2) is 13.8 Å². The van der Waals surface area contributed by atoms with Gasteiger partial charge in [-0.15, -0.1) is 0 Å². The molecule has 0 spiro atoms. The highest BCUT2D eigenvalue weighted by molar-refractivity contribution is 6.06. The number of hydrogen-bond donors (Lipinski definition) is 2. The summed E-state index contributed by atoms with van der Waals surface area (Å²) in [6.45, 7) is 3.71. The Labute approximate surface area is 181 Å². The lowest BCUT2D eigenvalue weighted by atomic mass is 10.1. The van der Waals surface area contributed by atoms with Gasteiger partial charge in [-0.3, -0.25) is 25.2 Å². The van der Waals surface area contributed by atoms with E-state index in [0.29, 0.717) is 22.2 Å². The molecule has 162 valence electrons. The van der Waals surface area contributed by atoms with Gasteiger partial charge in [-0.1, -0.05) is 18.2 Å². The van der Waals surface area contributed by atoms with Crippen LogP contribution in [0, 0.1) is 12.7 Å². The van der Waals surface area contributed by atoms with Crippen molar-refractivity contribution >= 4 is 22.6 Å². The Bertz CT molecular complexity index is 1390. The zero-order valence-corrected chi connectivity index (χ0v) is 17.3. The first-order chi connectivity index (χ1) is 15.4. The fraction of sp³-hybridized carbons (Fsp3) is 0.136. The Morgan fingerprint density at radius 3 is 2.34 bits per heavy atom. The number of hydrazine groups is 1. The molecular weight excluding hydrogens is 415 g/mol. The SMILES string of the molecule is CCn1nc(C(=O)NNC(=O)c2cnn(-c3ccc(F)cc3)c2C)c2ccccc2c1=O.